The molecule has 0 heterocycles. The number of hydrogen-bond acceptors (Lipinski definition) is 4. The zero-order valence-electron chi connectivity index (χ0n) is 8.26. The fraction of sp³-hybridized carbons (Fsp3) is 0.222. The van der Waals surface area contributed by atoms with E-state index >= 15 is 0 Å². The zero-order chi connectivity index (χ0) is 13.1. The molecule has 1 aromatic rings. The lowest BCUT2D eigenvalue weighted by Gasteiger charge is -2.16. The third-order valence-electron chi connectivity index (χ3n) is 2.01. The highest BCUT2D eigenvalue weighted by Crippen LogP contribution is 2.36. The number of nitro groups is 1. The summed E-state index contributed by atoms with van der Waals surface area (Å²) in [6.07, 6.45) is 0.520. The van der Waals surface area contributed by atoms with Crippen molar-refractivity contribution in [2.24, 2.45) is 5.16 Å². The normalized spacial score (nSPS) is 13.8. The van der Waals surface area contributed by atoms with Gasteiger partial charge in [0.2, 0.25) is 0 Å². The number of oxime groups is 1. The Morgan fingerprint density at radius 1 is 1.59 bits per heavy atom. The smallest absolute Gasteiger partial charge is 0.333 e. The van der Waals surface area contributed by atoms with E-state index in [9.17, 15) is 18.9 Å². The van der Waals surface area contributed by atoms with Crippen molar-refractivity contribution in [2.45, 2.75) is 11.3 Å². The SMILES string of the molecule is O=[N+]([O-])c1cccc(C(/C=N\O)C(F)(F)Cl)c1. The standard InChI is InChI=1S/C9H7ClF2N2O3/c10-9(11,12)8(5-13-15)6-2-1-3-7(4-6)14(16)17/h1-5,8,15H/b13-5-. The molecule has 0 fully saturated rings. The monoisotopic (exact) mass is 264 g/mol. The fourth-order valence-electron chi connectivity index (χ4n) is 1.26. The molecule has 0 radical (unpaired) electrons. The summed E-state index contributed by atoms with van der Waals surface area (Å²) in [5.41, 5.74) is -0.461. The second kappa shape index (κ2) is 5.05. The van der Waals surface area contributed by atoms with Gasteiger partial charge in [-0.2, -0.15) is 8.78 Å². The average Bonchev–Trinajstić information content (AvgIpc) is 2.24. The van der Waals surface area contributed by atoms with Crippen molar-refractivity contribution in [1.82, 2.24) is 0 Å². The van der Waals surface area contributed by atoms with Crippen LogP contribution in [0, 0.1) is 10.1 Å². The molecule has 0 aliphatic carbocycles. The van der Waals surface area contributed by atoms with Gasteiger partial charge in [0.1, 0.15) is 5.92 Å². The maximum absolute atomic E-state index is 13.0. The Labute approximate surface area is 99.5 Å². The minimum atomic E-state index is -3.71. The van der Waals surface area contributed by atoms with Gasteiger partial charge in [0, 0.05) is 12.1 Å². The van der Waals surface area contributed by atoms with Crippen LogP contribution in [-0.4, -0.2) is 21.7 Å². The van der Waals surface area contributed by atoms with Gasteiger partial charge in [-0.1, -0.05) is 12.1 Å². The van der Waals surface area contributed by atoms with E-state index in [0.29, 0.717) is 6.21 Å². The molecule has 1 rings (SSSR count). The molecule has 0 bridgehead atoms. The van der Waals surface area contributed by atoms with Gasteiger partial charge < -0.3 is 5.21 Å². The molecular formula is C9H7ClF2N2O3. The Bertz CT molecular complexity index is 448. The van der Waals surface area contributed by atoms with Crippen molar-refractivity contribution in [3.8, 4) is 0 Å². The summed E-state index contributed by atoms with van der Waals surface area (Å²) >= 11 is 4.84. The van der Waals surface area contributed by atoms with Crippen molar-refractivity contribution in [2.75, 3.05) is 0 Å². The van der Waals surface area contributed by atoms with Gasteiger partial charge in [0.15, 0.2) is 0 Å². The van der Waals surface area contributed by atoms with Crippen molar-refractivity contribution in [3.05, 3.63) is 39.9 Å². The van der Waals surface area contributed by atoms with E-state index in [0.717, 1.165) is 12.1 Å². The number of halogens is 3. The van der Waals surface area contributed by atoms with E-state index in [1.807, 2.05) is 0 Å². The molecule has 1 aromatic carbocycles. The van der Waals surface area contributed by atoms with Crippen LogP contribution in [0.5, 0.6) is 0 Å². The minimum absolute atomic E-state index is 0.114. The average molecular weight is 265 g/mol. The Balaban J connectivity index is 3.20. The molecule has 8 heteroatoms. The molecule has 5 nitrogen and oxygen atoms in total. The number of rotatable bonds is 4. The number of benzene rings is 1. The summed E-state index contributed by atoms with van der Waals surface area (Å²) in [5, 5.41) is 17.6. The second-order valence-corrected chi connectivity index (χ2v) is 3.64. The lowest BCUT2D eigenvalue weighted by atomic mass is 10.00. The lowest BCUT2D eigenvalue weighted by Crippen LogP contribution is -2.21. The Kier molecular flexibility index (Phi) is 3.95. The molecule has 0 aliphatic heterocycles. The van der Waals surface area contributed by atoms with Gasteiger partial charge in [-0.3, -0.25) is 10.1 Å². The first-order valence-electron chi connectivity index (χ1n) is 4.35. The number of non-ortho nitro benzene ring substituents is 1. The summed E-state index contributed by atoms with van der Waals surface area (Å²) in [4.78, 5) is 9.77. The van der Waals surface area contributed by atoms with Crippen LogP contribution in [0.4, 0.5) is 14.5 Å². The number of alkyl halides is 3. The molecule has 1 atom stereocenters. The van der Waals surface area contributed by atoms with Crippen molar-refractivity contribution in [1.29, 1.82) is 0 Å². The molecule has 0 saturated heterocycles. The topological polar surface area (TPSA) is 75.7 Å². The van der Waals surface area contributed by atoms with Crippen molar-refractivity contribution >= 4 is 23.5 Å². The number of nitro benzene ring substituents is 1. The quantitative estimate of drug-likeness (QED) is 0.299. The zero-order valence-corrected chi connectivity index (χ0v) is 9.01. The highest BCUT2D eigenvalue weighted by molar-refractivity contribution is 6.23. The van der Waals surface area contributed by atoms with Crippen molar-refractivity contribution < 1.29 is 18.9 Å². The van der Waals surface area contributed by atoms with Gasteiger partial charge in [-0.05, 0) is 17.2 Å². The molecule has 1 N–H and O–H groups in total. The third-order valence-corrected chi connectivity index (χ3v) is 2.24. The van der Waals surface area contributed by atoms with Crippen molar-refractivity contribution in [3.63, 3.8) is 0 Å². The first kappa shape index (κ1) is 13.3. The maximum Gasteiger partial charge on any atom is 0.333 e. The molecular weight excluding hydrogens is 258 g/mol. The van der Waals surface area contributed by atoms with Crippen LogP contribution in [0.1, 0.15) is 11.5 Å². The van der Waals surface area contributed by atoms with E-state index in [-0.39, 0.29) is 11.3 Å². The highest BCUT2D eigenvalue weighted by Gasteiger charge is 2.38. The Morgan fingerprint density at radius 2 is 2.24 bits per heavy atom. The van der Waals surface area contributed by atoms with E-state index in [1.165, 1.54) is 12.1 Å². The summed E-state index contributed by atoms with van der Waals surface area (Å²) in [5.74, 6) is -1.74. The van der Waals surface area contributed by atoms with Crippen LogP contribution in [-0.2, 0) is 0 Å². The fourth-order valence-corrected chi connectivity index (χ4v) is 1.44. The third kappa shape index (κ3) is 3.35. The first-order valence-corrected chi connectivity index (χ1v) is 4.72. The molecule has 1 unspecified atom stereocenters. The summed E-state index contributed by atoms with van der Waals surface area (Å²) in [6.45, 7) is 0. The van der Waals surface area contributed by atoms with Crippen LogP contribution in [0.25, 0.3) is 0 Å². The Morgan fingerprint density at radius 3 is 2.71 bits per heavy atom. The number of hydrogen-bond donors (Lipinski definition) is 1. The molecule has 0 aliphatic rings. The van der Waals surface area contributed by atoms with Crippen LogP contribution in [0.3, 0.4) is 0 Å². The summed E-state index contributed by atoms with van der Waals surface area (Å²) in [6, 6.07) is 4.58. The van der Waals surface area contributed by atoms with E-state index in [1.54, 1.807) is 0 Å². The molecule has 17 heavy (non-hydrogen) atoms. The van der Waals surface area contributed by atoms with Gasteiger partial charge in [0.05, 0.1) is 11.1 Å². The largest absolute Gasteiger partial charge is 0.411 e. The molecule has 0 spiro atoms. The molecule has 0 aromatic heterocycles. The van der Waals surface area contributed by atoms with Crippen LogP contribution in [0.2, 0.25) is 0 Å². The van der Waals surface area contributed by atoms with Crippen LogP contribution < -0.4 is 0 Å². The van der Waals surface area contributed by atoms with Gasteiger partial charge in [-0.25, -0.2) is 0 Å². The molecule has 92 valence electrons. The summed E-state index contributed by atoms with van der Waals surface area (Å²) < 4.78 is 26.0. The van der Waals surface area contributed by atoms with Gasteiger partial charge in [0.25, 0.3) is 5.69 Å². The molecule has 0 amide bonds. The van der Waals surface area contributed by atoms with E-state index in [4.69, 9.17) is 16.8 Å². The summed E-state index contributed by atoms with van der Waals surface area (Å²) in [7, 11) is 0. The minimum Gasteiger partial charge on any atom is -0.411 e. The highest BCUT2D eigenvalue weighted by atomic mass is 35.5. The Hall–Kier alpha value is -1.76. The van der Waals surface area contributed by atoms with E-state index < -0.39 is 16.2 Å². The van der Waals surface area contributed by atoms with Crippen LogP contribution >= 0.6 is 11.6 Å². The van der Waals surface area contributed by atoms with Crippen LogP contribution in [0.15, 0.2) is 29.4 Å². The lowest BCUT2D eigenvalue weighted by molar-refractivity contribution is -0.384. The second-order valence-electron chi connectivity index (χ2n) is 3.14. The number of nitrogens with zero attached hydrogens (tertiary/aromatic N) is 2. The van der Waals surface area contributed by atoms with Gasteiger partial charge >= 0.3 is 5.38 Å². The van der Waals surface area contributed by atoms with Gasteiger partial charge in [-0.15, -0.1) is 5.16 Å². The van der Waals surface area contributed by atoms with E-state index in [2.05, 4.69) is 5.16 Å². The maximum atomic E-state index is 13.0. The first-order chi connectivity index (χ1) is 7.86. The molecule has 0 saturated carbocycles. The predicted octanol–water partition coefficient (Wildman–Crippen LogP) is 2.97. The predicted molar refractivity (Wildman–Crippen MR) is 56.9 cm³/mol.